The number of aryl methyl sites for hydroxylation is 2. The normalized spacial score (nSPS) is 29.6. The number of ether oxygens (including phenoxy) is 2. The summed E-state index contributed by atoms with van der Waals surface area (Å²) in [4.78, 5) is 12.3. The summed E-state index contributed by atoms with van der Waals surface area (Å²) in [6.45, 7) is 3.88. The maximum atomic E-state index is 12.3. The van der Waals surface area contributed by atoms with Crippen molar-refractivity contribution in [2.75, 3.05) is 0 Å². The molecule has 0 bridgehead atoms. The van der Waals surface area contributed by atoms with Gasteiger partial charge in [-0.1, -0.05) is 24.6 Å². The van der Waals surface area contributed by atoms with E-state index in [4.69, 9.17) is 9.47 Å². The smallest absolute Gasteiger partial charge is 0.341 e. The fraction of sp³-hybridized carbons (Fsp3) is 0.533. The van der Waals surface area contributed by atoms with Gasteiger partial charge in [-0.25, -0.2) is 4.79 Å². The van der Waals surface area contributed by atoms with E-state index in [0.29, 0.717) is 5.56 Å². The first-order valence-electron chi connectivity index (χ1n) is 6.60. The van der Waals surface area contributed by atoms with Crippen LogP contribution in [-0.4, -0.2) is 17.9 Å². The molecular weight excluding hydrogens is 228 g/mol. The lowest BCUT2D eigenvalue weighted by Gasteiger charge is -2.18. The Hall–Kier alpha value is -1.35. The summed E-state index contributed by atoms with van der Waals surface area (Å²) in [6.07, 6.45) is 4.25. The van der Waals surface area contributed by atoms with Crippen LogP contribution in [0.4, 0.5) is 0 Å². The number of hydrogen-bond acceptors (Lipinski definition) is 3. The van der Waals surface area contributed by atoms with Gasteiger partial charge in [0, 0.05) is 6.42 Å². The van der Waals surface area contributed by atoms with Crippen LogP contribution in [0.1, 0.15) is 47.2 Å². The minimum absolute atomic E-state index is 0.138. The first-order valence-corrected chi connectivity index (χ1v) is 6.60. The van der Waals surface area contributed by atoms with Crippen molar-refractivity contribution in [1.82, 2.24) is 0 Å². The van der Waals surface area contributed by atoms with E-state index in [1.807, 2.05) is 32.0 Å². The third-order valence-corrected chi connectivity index (χ3v) is 3.97. The molecule has 2 fully saturated rings. The van der Waals surface area contributed by atoms with Crippen molar-refractivity contribution in [3.63, 3.8) is 0 Å². The Bertz CT molecular complexity index is 474. The van der Waals surface area contributed by atoms with E-state index in [1.165, 1.54) is 6.42 Å². The standard InChI is InChI=1S/C15H18O3/c1-10-6-5-7-11(2)13(10)14(16)18-15-9-4-3-8-12(15)17-15/h5-7,12H,3-4,8-9H2,1-2H3/t12-,15-/m0/s1. The summed E-state index contributed by atoms with van der Waals surface area (Å²) < 4.78 is 11.2. The largest absolute Gasteiger partial charge is 0.427 e. The van der Waals surface area contributed by atoms with Crippen LogP contribution in [0.5, 0.6) is 0 Å². The second-order valence-electron chi connectivity index (χ2n) is 5.32. The molecule has 1 aromatic rings. The number of benzene rings is 1. The molecule has 2 atom stereocenters. The molecule has 1 heterocycles. The van der Waals surface area contributed by atoms with Crippen molar-refractivity contribution in [2.45, 2.75) is 51.4 Å². The fourth-order valence-electron chi connectivity index (χ4n) is 2.89. The zero-order valence-electron chi connectivity index (χ0n) is 10.9. The van der Waals surface area contributed by atoms with Gasteiger partial charge in [0.15, 0.2) is 0 Å². The molecule has 2 aliphatic rings. The van der Waals surface area contributed by atoms with Gasteiger partial charge in [0.2, 0.25) is 5.79 Å². The molecule has 96 valence electrons. The number of fused-ring (bicyclic) bond motifs is 1. The van der Waals surface area contributed by atoms with Crippen molar-refractivity contribution in [3.05, 3.63) is 34.9 Å². The molecule has 0 amide bonds. The summed E-state index contributed by atoms with van der Waals surface area (Å²) in [5.74, 6) is -0.834. The SMILES string of the molecule is Cc1cccc(C)c1C(=O)O[C@@]12CCCC[C@@H]1O2. The number of carbonyl (C=O) groups is 1. The van der Waals surface area contributed by atoms with Crippen molar-refractivity contribution in [2.24, 2.45) is 0 Å². The second-order valence-corrected chi connectivity index (χ2v) is 5.32. The number of rotatable bonds is 2. The number of carbonyl (C=O) groups excluding carboxylic acids is 1. The lowest BCUT2D eigenvalue weighted by molar-refractivity contribution is -0.0246. The van der Waals surface area contributed by atoms with Crippen LogP contribution < -0.4 is 0 Å². The van der Waals surface area contributed by atoms with Crippen molar-refractivity contribution >= 4 is 5.97 Å². The van der Waals surface area contributed by atoms with Crippen molar-refractivity contribution in [1.29, 1.82) is 0 Å². The monoisotopic (exact) mass is 246 g/mol. The van der Waals surface area contributed by atoms with Crippen molar-refractivity contribution < 1.29 is 14.3 Å². The van der Waals surface area contributed by atoms with E-state index in [-0.39, 0.29) is 12.1 Å². The molecule has 1 aliphatic heterocycles. The van der Waals surface area contributed by atoms with Gasteiger partial charge in [-0.05, 0) is 37.8 Å². The Balaban J connectivity index is 1.80. The molecule has 1 saturated heterocycles. The Morgan fingerprint density at radius 2 is 2.06 bits per heavy atom. The summed E-state index contributed by atoms with van der Waals surface area (Å²) in [7, 11) is 0. The van der Waals surface area contributed by atoms with Gasteiger partial charge >= 0.3 is 5.97 Å². The van der Waals surface area contributed by atoms with Crippen LogP contribution in [0.15, 0.2) is 18.2 Å². The fourth-order valence-corrected chi connectivity index (χ4v) is 2.89. The Kier molecular flexibility index (Phi) is 2.67. The highest BCUT2D eigenvalue weighted by molar-refractivity contribution is 5.93. The Morgan fingerprint density at radius 3 is 2.72 bits per heavy atom. The first kappa shape index (κ1) is 11.7. The molecule has 0 N–H and O–H groups in total. The van der Waals surface area contributed by atoms with Crippen LogP contribution in [0.3, 0.4) is 0 Å². The highest BCUT2D eigenvalue weighted by atomic mass is 16.8. The first-order chi connectivity index (χ1) is 8.62. The summed E-state index contributed by atoms with van der Waals surface area (Å²) in [5.41, 5.74) is 2.61. The summed E-state index contributed by atoms with van der Waals surface area (Å²) in [6, 6.07) is 5.83. The summed E-state index contributed by atoms with van der Waals surface area (Å²) >= 11 is 0. The molecule has 3 nitrogen and oxygen atoms in total. The Labute approximate surface area is 107 Å². The van der Waals surface area contributed by atoms with Gasteiger partial charge in [-0.2, -0.15) is 0 Å². The van der Waals surface area contributed by atoms with Gasteiger partial charge in [0.1, 0.15) is 6.10 Å². The lowest BCUT2D eigenvalue weighted by Crippen LogP contribution is -2.27. The minimum Gasteiger partial charge on any atom is -0.427 e. The number of hydrogen-bond donors (Lipinski definition) is 0. The summed E-state index contributed by atoms with van der Waals surface area (Å²) in [5, 5.41) is 0. The third-order valence-electron chi connectivity index (χ3n) is 3.97. The molecule has 1 aliphatic carbocycles. The molecule has 0 unspecified atom stereocenters. The van der Waals surface area contributed by atoms with E-state index in [9.17, 15) is 4.79 Å². The molecule has 3 heteroatoms. The quantitative estimate of drug-likeness (QED) is 0.594. The van der Waals surface area contributed by atoms with Crippen LogP contribution in [0, 0.1) is 13.8 Å². The zero-order chi connectivity index (χ0) is 12.8. The van der Waals surface area contributed by atoms with E-state index < -0.39 is 5.79 Å². The molecule has 0 aromatic heterocycles. The van der Waals surface area contributed by atoms with E-state index in [1.54, 1.807) is 0 Å². The van der Waals surface area contributed by atoms with Gasteiger partial charge in [-0.15, -0.1) is 0 Å². The number of esters is 1. The zero-order valence-corrected chi connectivity index (χ0v) is 10.9. The lowest BCUT2D eigenvalue weighted by atomic mass is 9.97. The minimum atomic E-state index is -0.593. The Morgan fingerprint density at radius 1 is 1.33 bits per heavy atom. The van der Waals surface area contributed by atoms with Gasteiger partial charge < -0.3 is 9.47 Å². The molecule has 0 spiro atoms. The maximum absolute atomic E-state index is 12.3. The predicted octanol–water partition coefficient (Wildman–Crippen LogP) is 3.13. The van der Waals surface area contributed by atoms with Crippen LogP contribution in [0.2, 0.25) is 0 Å². The number of epoxide rings is 1. The van der Waals surface area contributed by atoms with Gasteiger partial charge in [0.05, 0.1) is 5.56 Å². The molecular formula is C15H18O3. The predicted molar refractivity (Wildman–Crippen MR) is 67.4 cm³/mol. The molecule has 0 radical (unpaired) electrons. The highest BCUT2D eigenvalue weighted by Crippen LogP contribution is 2.49. The molecule has 1 saturated carbocycles. The maximum Gasteiger partial charge on any atom is 0.341 e. The average molecular weight is 246 g/mol. The van der Waals surface area contributed by atoms with Crippen LogP contribution in [0.25, 0.3) is 0 Å². The van der Waals surface area contributed by atoms with Crippen LogP contribution in [-0.2, 0) is 9.47 Å². The van der Waals surface area contributed by atoms with Gasteiger partial charge in [0.25, 0.3) is 0 Å². The van der Waals surface area contributed by atoms with Gasteiger partial charge in [-0.3, -0.25) is 0 Å². The highest BCUT2D eigenvalue weighted by Gasteiger charge is 2.61. The van der Waals surface area contributed by atoms with Crippen molar-refractivity contribution in [3.8, 4) is 0 Å². The third kappa shape index (κ3) is 1.83. The second kappa shape index (κ2) is 4.09. The van der Waals surface area contributed by atoms with Crippen LogP contribution >= 0.6 is 0 Å². The van der Waals surface area contributed by atoms with E-state index in [2.05, 4.69) is 0 Å². The molecule has 18 heavy (non-hydrogen) atoms. The van der Waals surface area contributed by atoms with E-state index >= 15 is 0 Å². The topological polar surface area (TPSA) is 38.8 Å². The molecule has 1 aromatic carbocycles. The molecule has 3 rings (SSSR count). The van der Waals surface area contributed by atoms with E-state index in [0.717, 1.165) is 30.4 Å². The average Bonchev–Trinajstić information content (AvgIpc) is 3.02.